The number of rotatable bonds is 2. The quantitative estimate of drug-likeness (QED) is 0.603. The molecule has 4 fully saturated rings. The molecule has 3 saturated heterocycles. The Balaban J connectivity index is 1.82. The van der Waals surface area contributed by atoms with Crippen molar-refractivity contribution >= 4 is 11.9 Å². The van der Waals surface area contributed by atoms with Gasteiger partial charge in [0.05, 0.1) is 17.1 Å². The summed E-state index contributed by atoms with van der Waals surface area (Å²) in [6, 6.07) is 0. The summed E-state index contributed by atoms with van der Waals surface area (Å²) in [4.78, 5) is 24.6. The molecule has 25 heavy (non-hydrogen) atoms. The first-order valence-electron chi connectivity index (χ1n) is 9.05. The van der Waals surface area contributed by atoms with E-state index in [0.717, 1.165) is 12.8 Å². The Morgan fingerprint density at radius 1 is 1.40 bits per heavy atom. The van der Waals surface area contributed by atoms with Crippen LogP contribution in [0.1, 0.15) is 47.0 Å². The number of aliphatic hydroxyl groups is 1. The second-order valence-corrected chi connectivity index (χ2v) is 8.84. The molecule has 3 heterocycles. The fourth-order valence-electron chi connectivity index (χ4n) is 5.48. The molecule has 0 unspecified atom stereocenters. The summed E-state index contributed by atoms with van der Waals surface area (Å²) in [5.41, 5.74) is -2.12. The van der Waals surface area contributed by atoms with E-state index in [9.17, 15) is 14.7 Å². The van der Waals surface area contributed by atoms with Crippen LogP contribution in [0.2, 0.25) is 0 Å². The molecule has 1 N–H and O–H groups in total. The predicted molar refractivity (Wildman–Crippen MR) is 87.4 cm³/mol. The van der Waals surface area contributed by atoms with Crippen molar-refractivity contribution in [3.05, 3.63) is 12.2 Å². The largest absolute Gasteiger partial charge is 0.458 e. The van der Waals surface area contributed by atoms with Crippen LogP contribution in [-0.2, 0) is 23.8 Å². The van der Waals surface area contributed by atoms with E-state index in [0.29, 0.717) is 6.42 Å². The van der Waals surface area contributed by atoms with Crippen LogP contribution in [0.15, 0.2) is 12.2 Å². The standard InChI is InChI=1S/C19H26O6/c1-9(2)15(21)23-12-8-18(5)11-6-7-17(11,4)13(20)14-19(12,25-18)10(3)16(22)24-14/h9,11-14,20H,3,6-8H2,1-2,4-5H3/t11-,12+,13+,14+,17+,18-,19+/m1/s1. The van der Waals surface area contributed by atoms with Gasteiger partial charge in [0.15, 0.2) is 11.7 Å². The molecule has 0 aromatic rings. The molecule has 1 spiro atoms. The van der Waals surface area contributed by atoms with E-state index in [1.807, 2.05) is 13.8 Å². The van der Waals surface area contributed by atoms with Crippen molar-refractivity contribution in [1.82, 2.24) is 0 Å². The second-order valence-electron chi connectivity index (χ2n) is 8.84. The minimum atomic E-state index is -1.30. The molecule has 2 bridgehead atoms. The molecule has 3 aliphatic heterocycles. The van der Waals surface area contributed by atoms with Gasteiger partial charge in [-0.25, -0.2) is 4.79 Å². The number of aliphatic hydroxyl groups excluding tert-OH is 1. The average Bonchev–Trinajstić information content (AvgIpc) is 2.92. The molecule has 1 saturated carbocycles. The highest BCUT2D eigenvalue weighted by molar-refractivity contribution is 5.94. The van der Waals surface area contributed by atoms with Crippen LogP contribution in [0.25, 0.3) is 0 Å². The van der Waals surface area contributed by atoms with Crippen molar-refractivity contribution in [3.8, 4) is 0 Å². The van der Waals surface area contributed by atoms with E-state index >= 15 is 0 Å². The summed E-state index contributed by atoms with van der Waals surface area (Å²) in [6.45, 7) is 11.4. The third-order valence-electron chi connectivity index (χ3n) is 7.04. The predicted octanol–water partition coefficient (Wildman–Crippen LogP) is 1.74. The monoisotopic (exact) mass is 350 g/mol. The van der Waals surface area contributed by atoms with Gasteiger partial charge in [0.2, 0.25) is 0 Å². The van der Waals surface area contributed by atoms with Gasteiger partial charge < -0.3 is 19.3 Å². The summed E-state index contributed by atoms with van der Waals surface area (Å²) < 4.78 is 17.8. The molecule has 1 aliphatic carbocycles. The Kier molecular flexibility index (Phi) is 3.31. The highest BCUT2D eigenvalue weighted by Crippen LogP contribution is 2.66. The maximum Gasteiger partial charge on any atom is 0.337 e. The Morgan fingerprint density at radius 2 is 2.08 bits per heavy atom. The van der Waals surface area contributed by atoms with Crippen molar-refractivity contribution in [3.63, 3.8) is 0 Å². The number of hydrogen-bond donors (Lipinski definition) is 1. The maximum absolute atomic E-state index is 12.3. The minimum absolute atomic E-state index is 0.117. The van der Waals surface area contributed by atoms with Gasteiger partial charge in [-0.05, 0) is 25.7 Å². The highest BCUT2D eigenvalue weighted by Gasteiger charge is 2.77. The molecular weight excluding hydrogens is 324 g/mol. The molecule has 6 heteroatoms. The fourth-order valence-corrected chi connectivity index (χ4v) is 5.48. The number of hydrogen-bond acceptors (Lipinski definition) is 6. The zero-order chi connectivity index (χ0) is 18.4. The Morgan fingerprint density at radius 3 is 2.64 bits per heavy atom. The van der Waals surface area contributed by atoms with Crippen LogP contribution >= 0.6 is 0 Å². The van der Waals surface area contributed by atoms with Crippen molar-refractivity contribution < 1.29 is 28.9 Å². The van der Waals surface area contributed by atoms with Crippen molar-refractivity contribution in [2.45, 2.75) is 76.5 Å². The van der Waals surface area contributed by atoms with Crippen LogP contribution in [0.5, 0.6) is 0 Å². The average molecular weight is 350 g/mol. The topological polar surface area (TPSA) is 82.1 Å². The summed E-state index contributed by atoms with van der Waals surface area (Å²) in [5.74, 6) is -1.11. The van der Waals surface area contributed by atoms with E-state index in [4.69, 9.17) is 14.2 Å². The maximum atomic E-state index is 12.3. The molecule has 0 amide bonds. The Bertz CT molecular complexity index is 671. The summed E-state index contributed by atoms with van der Waals surface area (Å²) in [6.07, 6.45) is -0.198. The van der Waals surface area contributed by atoms with Crippen molar-refractivity contribution in [2.24, 2.45) is 17.3 Å². The summed E-state index contributed by atoms with van der Waals surface area (Å²) >= 11 is 0. The lowest BCUT2D eigenvalue weighted by Gasteiger charge is -2.55. The van der Waals surface area contributed by atoms with Crippen LogP contribution in [0.4, 0.5) is 0 Å². The van der Waals surface area contributed by atoms with Crippen molar-refractivity contribution in [2.75, 3.05) is 0 Å². The molecule has 0 aromatic heterocycles. The lowest BCUT2D eigenvalue weighted by molar-refractivity contribution is -0.181. The number of ether oxygens (including phenoxy) is 3. The molecule has 6 nitrogen and oxygen atoms in total. The SMILES string of the molecule is C=C1C(=O)O[C@H]2[C@H](O)[C@@]3(C)CC[C@H]3[C@@]3(C)C[C@H](OC(=O)C(C)C)[C@@]12O3. The van der Waals surface area contributed by atoms with Gasteiger partial charge in [-0.15, -0.1) is 0 Å². The zero-order valence-electron chi connectivity index (χ0n) is 15.2. The summed E-state index contributed by atoms with van der Waals surface area (Å²) in [7, 11) is 0. The van der Waals surface area contributed by atoms with E-state index in [1.54, 1.807) is 13.8 Å². The van der Waals surface area contributed by atoms with Crippen LogP contribution in [0.3, 0.4) is 0 Å². The van der Waals surface area contributed by atoms with Gasteiger partial charge in [0.25, 0.3) is 0 Å². The first-order valence-corrected chi connectivity index (χ1v) is 9.05. The van der Waals surface area contributed by atoms with E-state index in [1.165, 1.54) is 0 Å². The normalized spacial score (nSPS) is 50.6. The molecule has 4 aliphatic rings. The smallest absolute Gasteiger partial charge is 0.337 e. The van der Waals surface area contributed by atoms with E-state index in [-0.39, 0.29) is 28.8 Å². The van der Waals surface area contributed by atoms with Crippen LogP contribution < -0.4 is 0 Å². The molecule has 138 valence electrons. The minimum Gasteiger partial charge on any atom is -0.458 e. The molecule has 0 radical (unpaired) electrons. The first-order chi connectivity index (χ1) is 11.6. The number of fused-ring (bicyclic) bond motifs is 3. The third kappa shape index (κ3) is 1.87. The number of esters is 2. The van der Waals surface area contributed by atoms with Gasteiger partial charge in [0, 0.05) is 11.8 Å². The van der Waals surface area contributed by atoms with Gasteiger partial charge >= 0.3 is 11.9 Å². The van der Waals surface area contributed by atoms with Gasteiger partial charge in [-0.2, -0.15) is 0 Å². The van der Waals surface area contributed by atoms with Crippen LogP contribution in [-0.4, -0.2) is 46.6 Å². The molecule has 0 aromatic carbocycles. The number of carbonyl (C=O) groups is 2. The summed E-state index contributed by atoms with van der Waals surface area (Å²) in [5, 5.41) is 11.1. The lowest BCUT2D eigenvalue weighted by atomic mass is 9.50. The first kappa shape index (κ1) is 17.0. The highest BCUT2D eigenvalue weighted by atomic mass is 16.6. The fraction of sp³-hybridized carbons (Fsp3) is 0.789. The van der Waals surface area contributed by atoms with Gasteiger partial charge in [-0.3, -0.25) is 4.79 Å². The zero-order valence-corrected chi connectivity index (χ0v) is 15.2. The Hall–Kier alpha value is -1.40. The van der Waals surface area contributed by atoms with Crippen LogP contribution in [0, 0.1) is 17.3 Å². The lowest BCUT2D eigenvalue weighted by Crippen LogP contribution is -2.61. The van der Waals surface area contributed by atoms with Gasteiger partial charge in [0.1, 0.15) is 12.2 Å². The third-order valence-corrected chi connectivity index (χ3v) is 7.04. The van der Waals surface area contributed by atoms with Gasteiger partial charge in [-0.1, -0.05) is 27.4 Å². The van der Waals surface area contributed by atoms with E-state index < -0.39 is 35.5 Å². The van der Waals surface area contributed by atoms with Crippen molar-refractivity contribution in [1.29, 1.82) is 0 Å². The number of carbonyl (C=O) groups excluding carboxylic acids is 2. The molecule has 4 rings (SSSR count). The molecule has 7 atom stereocenters. The van der Waals surface area contributed by atoms with E-state index in [2.05, 4.69) is 6.58 Å². The second kappa shape index (κ2) is 4.86. The Labute approximate surface area is 147 Å². The molecular formula is C19H26O6.